The maximum atomic E-state index is 12.3. The summed E-state index contributed by atoms with van der Waals surface area (Å²) in [5.74, 6) is 2.27. The molecule has 0 fully saturated rings. The number of benzene rings is 2. The Morgan fingerprint density at radius 2 is 1.81 bits per heavy atom. The van der Waals surface area contributed by atoms with E-state index in [1.165, 1.54) is 16.2 Å². The van der Waals surface area contributed by atoms with Gasteiger partial charge in [0.05, 0.1) is 14.2 Å². The van der Waals surface area contributed by atoms with E-state index < -0.39 is 0 Å². The fraction of sp³-hybridized carbons (Fsp3) is 0.300. The highest BCUT2D eigenvalue weighted by Gasteiger charge is 2.14. The number of amides is 1. The van der Waals surface area contributed by atoms with Gasteiger partial charge < -0.3 is 14.0 Å². The molecule has 3 aromatic rings. The van der Waals surface area contributed by atoms with E-state index in [4.69, 9.17) is 9.47 Å². The van der Waals surface area contributed by atoms with Gasteiger partial charge in [0.2, 0.25) is 5.91 Å². The third-order valence-electron chi connectivity index (χ3n) is 4.08. The molecule has 27 heavy (non-hydrogen) atoms. The summed E-state index contributed by atoms with van der Waals surface area (Å²) in [6.07, 6.45) is 1.23. The third kappa shape index (κ3) is 4.54. The number of methoxy groups -OCH3 is 2. The van der Waals surface area contributed by atoms with Crippen molar-refractivity contribution in [2.75, 3.05) is 20.0 Å². The summed E-state index contributed by atoms with van der Waals surface area (Å²) in [6.45, 7) is 0. The molecular weight excluding hydrogens is 380 g/mol. The van der Waals surface area contributed by atoms with Crippen molar-refractivity contribution in [1.82, 2.24) is 4.57 Å². The summed E-state index contributed by atoms with van der Waals surface area (Å²) in [6, 6.07) is 13.9. The summed E-state index contributed by atoms with van der Waals surface area (Å²) in [7, 11) is 5.15. The average Bonchev–Trinajstić information content (AvgIpc) is 3.02. The molecule has 7 heteroatoms. The quantitative estimate of drug-likeness (QED) is 0.438. The van der Waals surface area contributed by atoms with Crippen molar-refractivity contribution in [3.8, 4) is 11.5 Å². The Kier molecular flexibility index (Phi) is 6.58. The highest BCUT2D eigenvalue weighted by molar-refractivity contribution is 7.99. The second-order valence-electron chi connectivity index (χ2n) is 5.86. The van der Waals surface area contributed by atoms with Gasteiger partial charge in [-0.2, -0.15) is 4.99 Å². The Bertz CT molecular complexity index is 994. The summed E-state index contributed by atoms with van der Waals surface area (Å²) < 4.78 is 13.7. The molecule has 1 aromatic heterocycles. The van der Waals surface area contributed by atoms with Crippen LogP contribution in [0, 0.1) is 0 Å². The van der Waals surface area contributed by atoms with Crippen molar-refractivity contribution in [2.45, 2.75) is 17.7 Å². The number of aromatic nitrogens is 1. The fourth-order valence-corrected chi connectivity index (χ4v) is 4.74. The molecule has 0 unspecified atom stereocenters. The van der Waals surface area contributed by atoms with Crippen LogP contribution < -0.4 is 14.3 Å². The van der Waals surface area contributed by atoms with Crippen molar-refractivity contribution >= 4 is 39.2 Å². The number of carbonyl (C=O) groups excluding carboxylic acids is 1. The van der Waals surface area contributed by atoms with Crippen molar-refractivity contribution in [1.29, 1.82) is 0 Å². The van der Waals surface area contributed by atoms with E-state index >= 15 is 0 Å². The van der Waals surface area contributed by atoms with E-state index in [1.807, 2.05) is 41.9 Å². The molecule has 0 atom stereocenters. The molecule has 0 bridgehead atoms. The number of fused-ring (bicyclic) bond motifs is 1. The first-order valence-corrected chi connectivity index (χ1v) is 10.4. The topological polar surface area (TPSA) is 52.8 Å². The van der Waals surface area contributed by atoms with Crippen molar-refractivity contribution in [2.24, 2.45) is 12.0 Å². The number of carbonyl (C=O) groups is 1. The highest BCUT2D eigenvalue weighted by Crippen LogP contribution is 2.34. The number of aryl methyl sites for hydroxylation is 1. The predicted molar refractivity (Wildman–Crippen MR) is 111 cm³/mol. The van der Waals surface area contributed by atoms with Crippen molar-refractivity contribution in [3.05, 3.63) is 47.3 Å². The first-order chi connectivity index (χ1) is 13.1. The zero-order valence-electron chi connectivity index (χ0n) is 15.6. The second-order valence-corrected chi connectivity index (χ2v) is 8.01. The number of rotatable bonds is 7. The molecule has 0 saturated heterocycles. The summed E-state index contributed by atoms with van der Waals surface area (Å²) in [5, 5.41) is 0. The maximum absolute atomic E-state index is 12.3. The minimum Gasteiger partial charge on any atom is -0.495 e. The van der Waals surface area contributed by atoms with Crippen LogP contribution in [0.4, 0.5) is 0 Å². The number of hydrogen-bond donors (Lipinski definition) is 0. The summed E-state index contributed by atoms with van der Waals surface area (Å²) in [4.78, 5) is 18.5. The average molecular weight is 403 g/mol. The van der Waals surface area contributed by atoms with E-state index in [9.17, 15) is 4.79 Å². The number of nitrogens with zero attached hydrogens (tertiary/aromatic N) is 2. The van der Waals surface area contributed by atoms with Gasteiger partial charge in [-0.05, 0) is 36.4 Å². The molecule has 0 N–H and O–H groups in total. The standard InChI is InChI=1S/C20H22N2O3S2/c1-22-18-15(24-2)11-12-16(25-3)19(18)27-20(22)21-17(23)10-7-13-26-14-8-5-4-6-9-14/h4-6,8-9,11-12H,7,10,13H2,1-3H3. The number of thiazole rings is 1. The Balaban J connectivity index is 1.73. The van der Waals surface area contributed by atoms with Crippen LogP contribution >= 0.6 is 23.1 Å². The van der Waals surface area contributed by atoms with Gasteiger partial charge >= 0.3 is 0 Å². The van der Waals surface area contributed by atoms with Gasteiger partial charge in [-0.1, -0.05) is 29.5 Å². The van der Waals surface area contributed by atoms with Gasteiger partial charge in [-0.15, -0.1) is 11.8 Å². The van der Waals surface area contributed by atoms with E-state index in [2.05, 4.69) is 17.1 Å². The van der Waals surface area contributed by atoms with Gasteiger partial charge in [0.15, 0.2) is 4.80 Å². The largest absolute Gasteiger partial charge is 0.495 e. The van der Waals surface area contributed by atoms with Crippen LogP contribution in [0.25, 0.3) is 10.2 Å². The number of ether oxygens (including phenoxy) is 2. The van der Waals surface area contributed by atoms with E-state index in [0.717, 1.165) is 33.9 Å². The van der Waals surface area contributed by atoms with Gasteiger partial charge in [0.1, 0.15) is 21.7 Å². The summed E-state index contributed by atoms with van der Waals surface area (Å²) in [5.41, 5.74) is 0.882. The lowest BCUT2D eigenvalue weighted by molar-refractivity contribution is -0.118. The first kappa shape index (κ1) is 19.5. The molecular formula is C20H22N2O3S2. The minimum atomic E-state index is -0.108. The monoisotopic (exact) mass is 402 g/mol. The molecule has 0 saturated carbocycles. The summed E-state index contributed by atoms with van der Waals surface area (Å²) >= 11 is 3.19. The fourth-order valence-electron chi connectivity index (χ4n) is 2.72. The SMILES string of the molecule is COc1ccc(OC)c2c1sc(=NC(=O)CCCSc1ccccc1)n2C. The smallest absolute Gasteiger partial charge is 0.248 e. The molecule has 5 nitrogen and oxygen atoms in total. The number of hydrogen-bond acceptors (Lipinski definition) is 5. The van der Waals surface area contributed by atoms with Gasteiger partial charge in [-0.3, -0.25) is 4.79 Å². The van der Waals surface area contributed by atoms with E-state index in [-0.39, 0.29) is 5.91 Å². The molecule has 1 heterocycles. The van der Waals surface area contributed by atoms with Crippen molar-refractivity contribution < 1.29 is 14.3 Å². The zero-order valence-corrected chi connectivity index (χ0v) is 17.2. The molecule has 2 aromatic carbocycles. The highest BCUT2D eigenvalue weighted by atomic mass is 32.2. The van der Waals surface area contributed by atoms with Gasteiger partial charge in [-0.25, -0.2) is 0 Å². The zero-order chi connectivity index (χ0) is 19.2. The van der Waals surface area contributed by atoms with Crippen molar-refractivity contribution in [3.63, 3.8) is 0 Å². The minimum absolute atomic E-state index is 0.108. The molecule has 0 spiro atoms. The molecule has 1 amide bonds. The molecule has 0 aliphatic rings. The molecule has 0 aliphatic carbocycles. The molecule has 3 rings (SSSR count). The lowest BCUT2D eigenvalue weighted by Gasteiger charge is -2.06. The first-order valence-electron chi connectivity index (χ1n) is 8.60. The number of thioether (sulfide) groups is 1. The van der Waals surface area contributed by atoms with E-state index in [0.29, 0.717) is 11.2 Å². The Morgan fingerprint density at radius 3 is 2.52 bits per heavy atom. The van der Waals surface area contributed by atoms with Crippen LogP contribution in [0.2, 0.25) is 0 Å². The normalized spacial score (nSPS) is 11.7. The lowest BCUT2D eigenvalue weighted by Crippen LogP contribution is -2.13. The van der Waals surface area contributed by atoms with Crippen LogP contribution in [0.3, 0.4) is 0 Å². The Hall–Kier alpha value is -2.25. The van der Waals surface area contributed by atoms with Crippen LogP contribution in [0.5, 0.6) is 11.5 Å². The van der Waals surface area contributed by atoms with Gasteiger partial charge in [0, 0.05) is 18.4 Å². The van der Waals surface area contributed by atoms with Crippen LogP contribution in [-0.4, -0.2) is 30.4 Å². The molecule has 142 valence electrons. The molecule has 0 aliphatic heterocycles. The third-order valence-corrected chi connectivity index (χ3v) is 6.33. The van der Waals surface area contributed by atoms with Crippen LogP contribution in [0.15, 0.2) is 52.4 Å². The Labute approximate surface area is 166 Å². The van der Waals surface area contributed by atoms with Gasteiger partial charge in [0.25, 0.3) is 0 Å². The second kappa shape index (κ2) is 9.10. The predicted octanol–water partition coefficient (Wildman–Crippen LogP) is 4.26. The molecule has 0 radical (unpaired) electrons. The van der Waals surface area contributed by atoms with Crippen LogP contribution in [-0.2, 0) is 11.8 Å². The lowest BCUT2D eigenvalue weighted by atomic mass is 10.3. The van der Waals surface area contributed by atoms with Crippen LogP contribution in [0.1, 0.15) is 12.8 Å². The maximum Gasteiger partial charge on any atom is 0.248 e. The Morgan fingerprint density at radius 1 is 1.11 bits per heavy atom. The van der Waals surface area contributed by atoms with E-state index in [1.54, 1.807) is 26.0 Å².